The van der Waals surface area contributed by atoms with E-state index >= 15 is 0 Å². The summed E-state index contributed by atoms with van der Waals surface area (Å²) in [5, 5.41) is 9.31. The molecule has 1 heterocycles. The highest BCUT2D eigenvalue weighted by molar-refractivity contribution is 5.74. The lowest BCUT2D eigenvalue weighted by Crippen LogP contribution is -2.40. The number of hydrogen-bond donors (Lipinski definition) is 1. The van der Waals surface area contributed by atoms with E-state index in [9.17, 15) is 9.90 Å². The molecule has 3 heteroatoms. The van der Waals surface area contributed by atoms with Crippen LogP contribution in [0.4, 0.5) is 0 Å². The zero-order valence-corrected chi connectivity index (χ0v) is 12.9. The molecule has 1 aliphatic heterocycles. The lowest BCUT2D eigenvalue weighted by Gasteiger charge is -2.40. The summed E-state index contributed by atoms with van der Waals surface area (Å²) in [6, 6.07) is 0.625. The quantitative estimate of drug-likeness (QED) is 0.833. The molecule has 1 saturated heterocycles. The van der Waals surface area contributed by atoms with E-state index in [1.54, 1.807) is 0 Å². The number of carboxylic acid groups (broad SMARTS) is 1. The van der Waals surface area contributed by atoms with Crippen LogP contribution in [-0.4, -0.2) is 35.1 Å². The normalized spacial score (nSPS) is 37.5. The Kier molecular flexibility index (Phi) is 3.97. The molecule has 0 aromatic carbocycles. The lowest BCUT2D eigenvalue weighted by atomic mass is 9.71. The minimum absolute atomic E-state index is 0.422. The van der Waals surface area contributed by atoms with Gasteiger partial charge in [0.1, 0.15) is 0 Å². The fourth-order valence-corrected chi connectivity index (χ4v) is 3.79. The predicted octanol–water partition coefficient (Wildman–Crippen LogP) is 3.39. The zero-order chi connectivity index (χ0) is 14.3. The molecular formula is C16H29NO2. The van der Waals surface area contributed by atoms with Crippen molar-refractivity contribution in [1.29, 1.82) is 0 Å². The van der Waals surface area contributed by atoms with Crippen molar-refractivity contribution in [3.8, 4) is 0 Å². The Morgan fingerprint density at radius 1 is 1.21 bits per heavy atom. The maximum atomic E-state index is 11.3. The van der Waals surface area contributed by atoms with E-state index in [1.807, 2.05) is 6.92 Å². The maximum Gasteiger partial charge on any atom is 0.310 e. The van der Waals surface area contributed by atoms with Crippen LogP contribution in [0.2, 0.25) is 0 Å². The van der Waals surface area contributed by atoms with Crippen molar-refractivity contribution in [1.82, 2.24) is 4.90 Å². The van der Waals surface area contributed by atoms with E-state index in [2.05, 4.69) is 25.7 Å². The van der Waals surface area contributed by atoms with Crippen molar-refractivity contribution in [3.63, 3.8) is 0 Å². The zero-order valence-electron chi connectivity index (χ0n) is 12.9. The molecule has 2 fully saturated rings. The van der Waals surface area contributed by atoms with Gasteiger partial charge in [-0.2, -0.15) is 0 Å². The summed E-state index contributed by atoms with van der Waals surface area (Å²) in [5.41, 5.74) is -0.0908. The van der Waals surface area contributed by atoms with E-state index in [0.717, 1.165) is 25.4 Å². The molecule has 1 atom stereocenters. The van der Waals surface area contributed by atoms with Gasteiger partial charge in [0.05, 0.1) is 5.41 Å². The minimum Gasteiger partial charge on any atom is -0.481 e. The third-order valence-corrected chi connectivity index (χ3v) is 5.46. The van der Waals surface area contributed by atoms with Crippen LogP contribution in [-0.2, 0) is 4.79 Å². The summed E-state index contributed by atoms with van der Waals surface area (Å²) in [4.78, 5) is 13.7. The summed E-state index contributed by atoms with van der Waals surface area (Å²) < 4.78 is 0. The molecule has 1 N–H and O–H groups in total. The van der Waals surface area contributed by atoms with Gasteiger partial charge in [0, 0.05) is 12.6 Å². The molecule has 0 amide bonds. The fourth-order valence-electron chi connectivity index (χ4n) is 3.79. The van der Waals surface area contributed by atoms with Crippen molar-refractivity contribution < 1.29 is 9.90 Å². The molecule has 110 valence electrons. The average Bonchev–Trinajstić information content (AvgIpc) is 2.72. The molecule has 2 aliphatic rings. The first-order valence-corrected chi connectivity index (χ1v) is 7.70. The van der Waals surface area contributed by atoms with Crippen molar-refractivity contribution in [2.45, 2.75) is 65.8 Å². The van der Waals surface area contributed by atoms with Gasteiger partial charge in [-0.1, -0.05) is 20.8 Å². The highest BCUT2D eigenvalue weighted by Gasteiger charge is 2.43. The van der Waals surface area contributed by atoms with Crippen molar-refractivity contribution in [3.05, 3.63) is 0 Å². The number of hydrogen-bond acceptors (Lipinski definition) is 2. The molecule has 0 radical (unpaired) electrons. The van der Waals surface area contributed by atoms with E-state index in [1.165, 1.54) is 25.7 Å². The van der Waals surface area contributed by atoms with Crippen LogP contribution in [0.3, 0.4) is 0 Å². The Bertz CT molecular complexity index is 339. The number of nitrogens with zero attached hydrogens (tertiary/aromatic N) is 1. The molecular weight excluding hydrogens is 238 g/mol. The van der Waals surface area contributed by atoms with Crippen LogP contribution in [0.1, 0.15) is 59.8 Å². The highest BCUT2D eigenvalue weighted by Crippen LogP contribution is 2.41. The highest BCUT2D eigenvalue weighted by atomic mass is 16.4. The van der Waals surface area contributed by atoms with E-state index in [4.69, 9.17) is 0 Å². The van der Waals surface area contributed by atoms with E-state index in [0.29, 0.717) is 11.5 Å². The lowest BCUT2D eigenvalue weighted by molar-refractivity contribution is -0.147. The molecule has 2 rings (SSSR count). The van der Waals surface area contributed by atoms with Gasteiger partial charge in [-0.3, -0.25) is 9.69 Å². The Morgan fingerprint density at radius 3 is 2.21 bits per heavy atom. The van der Waals surface area contributed by atoms with Crippen LogP contribution in [0.25, 0.3) is 0 Å². The molecule has 1 unspecified atom stereocenters. The van der Waals surface area contributed by atoms with Gasteiger partial charge in [-0.15, -0.1) is 0 Å². The smallest absolute Gasteiger partial charge is 0.310 e. The first-order valence-electron chi connectivity index (χ1n) is 7.70. The maximum absolute atomic E-state index is 11.3. The first-order chi connectivity index (χ1) is 8.72. The van der Waals surface area contributed by atoms with E-state index < -0.39 is 11.4 Å². The number of rotatable bonds is 2. The van der Waals surface area contributed by atoms with Crippen LogP contribution in [0.15, 0.2) is 0 Å². The van der Waals surface area contributed by atoms with Crippen molar-refractivity contribution >= 4 is 5.97 Å². The second-order valence-corrected chi connectivity index (χ2v) is 7.96. The summed E-state index contributed by atoms with van der Waals surface area (Å²) >= 11 is 0. The van der Waals surface area contributed by atoms with Gasteiger partial charge in [0.2, 0.25) is 0 Å². The molecule has 19 heavy (non-hydrogen) atoms. The van der Waals surface area contributed by atoms with Crippen LogP contribution < -0.4 is 0 Å². The van der Waals surface area contributed by atoms with Gasteiger partial charge >= 0.3 is 5.97 Å². The van der Waals surface area contributed by atoms with Gasteiger partial charge in [0.25, 0.3) is 0 Å². The van der Waals surface area contributed by atoms with Gasteiger partial charge in [0.15, 0.2) is 0 Å². The Hall–Kier alpha value is -0.570. The molecule has 3 nitrogen and oxygen atoms in total. The number of aliphatic carboxylic acids is 1. The number of carbonyl (C=O) groups is 1. The van der Waals surface area contributed by atoms with Gasteiger partial charge in [-0.25, -0.2) is 0 Å². The number of carboxylic acids is 1. The largest absolute Gasteiger partial charge is 0.481 e. The molecule has 1 aliphatic carbocycles. The molecule has 0 aromatic rings. The third kappa shape index (κ3) is 3.13. The van der Waals surface area contributed by atoms with Crippen molar-refractivity contribution in [2.75, 3.05) is 13.1 Å². The Morgan fingerprint density at radius 2 is 1.79 bits per heavy atom. The third-order valence-electron chi connectivity index (χ3n) is 5.46. The Balaban J connectivity index is 1.88. The minimum atomic E-state index is -0.627. The predicted molar refractivity (Wildman–Crippen MR) is 77.1 cm³/mol. The SMILES string of the molecule is CC1(C(=O)O)CCN(C2CCC(C(C)(C)C)CC2)C1. The molecule has 0 bridgehead atoms. The standard InChI is InChI=1S/C16H29NO2/c1-15(2,3)12-5-7-13(8-6-12)17-10-9-16(4,11-17)14(18)19/h12-13H,5-11H2,1-4H3,(H,18,19). The van der Waals surface area contributed by atoms with E-state index in [-0.39, 0.29) is 0 Å². The monoisotopic (exact) mass is 267 g/mol. The molecule has 0 spiro atoms. The Labute approximate surface area is 117 Å². The molecule has 1 saturated carbocycles. The fraction of sp³-hybridized carbons (Fsp3) is 0.938. The van der Waals surface area contributed by atoms with Gasteiger partial charge in [-0.05, 0) is 56.9 Å². The van der Waals surface area contributed by atoms with Crippen LogP contribution in [0, 0.1) is 16.7 Å². The summed E-state index contributed by atoms with van der Waals surface area (Å²) in [6.45, 7) is 10.6. The summed E-state index contributed by atoms with van der Waals surface area (Å²) in [5.74, 6) is 0.204. The second-order valence-electron chi connectivity index (χ2n) is 7.96. The van der Waals surface area contributed by atoms with Crippen molar-refractivity contribution in [2.24, 2.45) is 16.7 Å². The first kappa shape index (κ1) is 14.8. The van der Waals surface area contributed by atoms with Gasteiger partial charge < -0.3 is 5.11 Å². The summed E-state index contributed by atoms with van der Waals surface area (Å²) in [6.07, 6.45) is 5.90. The topological polar surface area (TPSA) is 40.5 Å². The second kappa shape index (κ2) is 5.08. The number of likely N-dealkylation sites (tertiary alicyclic amines) is 1. The van der Waals surface area contributed by atoms with Crippen LogP contribution in [0.5, 0.6) is 0 Å². The molecule has 0 aromatic heterocycles. The average molecular weight is 267 g/mol. The summed E-state index contributed by atoms with van der Waals surface area (Å²) in [7, 11) is 0. The van der Waals surface area contributed by atoms with Crippen LogP contribution >= 0.6 is 0 Å².